The fourth-order valence-corrected chi connectivity index (χ4v) is 4.70. The summed E-state index contributed by atoms with van der Waals surface area (Å²) in [6.07, 6.45) is 0.869. The van der Waals surface area contributed by atoms with E-state index in [0.29, 0.717) is 12.8 Å². The highest BCUT2D eigenvalue weighted by atomic mass is 16.5. The Bertz CT molecular complexity index is 1020. The Hall–Kier alpha value is -3.39. The van der Waals surface area contributed by atoms with E-state index in [-0.39, 0.29) is 37.9 Å². The van der Waals surface area contributed by atoms with Crippen LogP contribution in [0.5, 0.6) is 0 Å². The van der Waals surface area contributed by atoms with Crippen molar-refractivity contribution in [2.75, 3.05) is 26.8 Å². The van der Waals surface area contributed by atoms with Crippen LogP contribution in [0.4, 0.5) is 4.79 Å². The van der Waals surface area contributed by atoms with Crippen molar-refractivity contribution in [2.45, 2.75) is 37.7 Å². The quantitative estimate of drug-likeness (QED) is 0.495. The lowest BCUT2D eigenvalue weighted by atomic mass is 9.69. The summed E-state index contributed by atoms with van der Waals surface area (Å²) >= 11 is 0. The van der Waals surface area contributed by atoms with Crippen LogP contribution in [0.25, 0.3) is 11.1 Å². The molecule has 1 fully saturated rings. The molecule has 0 spiro atoms. The summed E-state index contributed by atoms with van der Waals surface area (Å²) in [6, 6.07) is 16.2. The predicted molar refractivity (Wildman–Crippen MR) is 125 cm³/mol. The topological polar surface area (TPSA) is 114 Å². The molecule has 1 saturated carbocycles. The third-order valence-corrected chi connectivity index (χ3v) is 6.95. The molecule has 3 N–H and O–H groups in total. The van der Waals surface area contributed by atoms with Crippen LogP contribution in [0.1, 0.15) is 42.7 Å². The standard InChI is InChI=1S/C26H30N2O6/c1-33-17(13-23(29)28-16-26(24(30)31)11-6-12-26)14-27-25(32)34-15-22-20-9-4-2-7-18(20)19-8-3-5-10-21(19)22/h2-5,7-10,17,22H,6,11-16H2,1H3,(H,27,32)(H,28,29)(H,30,31). The van der Waals surface area contributed by atoms with Crippen LogP contribution >= 0.6 is 0 Å². The second-order valence-electron chi connectivity index (χ2n) is 8.98. The Morgan fingerprint density at radius 3 is 2.18 bits per heavy atom. The molecule has 180 valence electrons. The molecule has 2 aliphatic carbocycles. The largest absolute Gasteiger partial charge is 0.481 e. The van der Waals surface area contributed by atoms with Gasteiger partial charge in [0, 0.05) is 26.1 Å². The molecule has 8 heteroatoms. The molecule has 2 aromatic carbocycles. The molecule has 2 amide bonds. The lowest BCUT2D eigenvalue weighted by molar-refractivity contribution is -0.154. The number of carbonyl (C=O) groups is 3. The highest BCUT2D eigenvalue weighted by molar-refractivity contribution is 5.80. The van der Waals surface area contributed by atoms with E-state index in [1.807, 2.05) is 24.3 Å². The number of amides is 2. The van der Waals surface area contributed by atoms with Gasteiger partial charge < -0.3 is 25.2 Å². The smallest absolute Gasteiger partial charge is 0.407 e. The third-order valence-electron chi connectivity index (χ3n) is 6.95. The third kappa shape index (κ3) is 4.92. The van der Waals surface area contributed by atoms with E-state index in [1.54, 1.807) is 0 Å². The second kappa shape index (κ2) is 10.3. The molecule has 8 nitrogen and oxygen atoms in total. The number of hydrogen-bond acceptors (Lipinski definition) is 5. The first-order chi connectivity index (χ1) is 16.4. The summed E-state index contributed by atoms with van der Waals surface area (Å²) in [5.74, 6) is -1.22. The lowest BCUT2D eigenvalue weighted by Gasteiger charge is -2.37. The van der Waals surface area contributed by atoms with Gasteiger partial charge in [-0.05, 0) is 35.1 Å². The van der Waals surface area contributed by atoms with Crippen molar-refractivity contribution in [1.29, 1.82) is 0 Å². The summed E-state index contributed by atoms with van der Waals surface area (Å²) in [4.78, 5) is 36.1. The number of fused-ring (bicyclic) bond motifs is 3. The van der Waals surface area contributed by atoms with Crippen molar-refractivity contribution < 1.29 is 29.0 Å². The average Bonchev–Trinajstić information content (AvgIpc) is 3.13. The van der Waals surface area contributed by atoms with E-state index < -0.39 is 23.6 Å². The normalized spacial score (nSPS) is 16.5. The van der Waals surface area contributed by atoms with Crippen molar-refractivity contribution in [3.63, 3.8) is 0 Å². The minimum Gasteiger partial charge on any atom is -0.481 e. The lowest BCUT2D eigenvalue weighted by Crippen LogP contribution is -2.48. The van der Waals surface area contributed by atoms with E-state index in [2.05, 4.69) is 34.9 Å². The fourth-order valence-electron chi connectivity index (χ4n) is 4.70. The number of carbonyl (C=O) groups excluding carboxylic acids is 2. The van der Waals surface area contributed by atoms with Crippen LogP contribution in [-0.4, -0.2) is 56.0 Å². The maximum atomic E-state index is 12.4. The summed E-state index contributed by atoms with van der Waals surface area (Å²) in [7, 11) is 1.46. The van der Waals surface area contributed by atoms with Gasteiger partial charge in [-0.2, -0.15) is 0 Å². The van der Waals surface area contributed by atoms with Crippen LogP contribution in [-0.2, 0) is 19.1 Å². The minimum atomic E-state index is -0.876. The zero-order valence-corrected chi connectivity index (χ0v) is 19.2. The Kier molecular flexibility index (Phi) is 7.17. The fraction of sp³-hybridized carbons (Fsp3) is 0.423. The van der Waals surface area contributed by atoms with Crippen molar-refractivity contribution in [3.05, 3.63) is 59.7 Å². The Balaban J connectivity index is 1.24. The SMILES string of the molecule is COC(CNC(=O)OCC1c2ccccc2-c2ccccc21)CC(=O)NCC1(C(=O)O)CCC1. The number of alkyl carbamates (subject to hydrolysis) is 1. The molecule has 0 aliphatic heterocycles. The van der Waals surface area contributed by atoms with Crippen LogP contribution in [0, 0.1) is 5.41 Å². The van der Waals surface area contributed by atoms with Crippen LogP contribution in [0.15, 0.2) is 48.5 Å². The van der Waals surface area contributed by atoms with E-state index in [4.69, 9.17) is 9.47 Å². The van der Waals surface area contributed by atoms with E-state index >= 15 is 0 Å². The first-order valence-corrected chi connectivity index (χ1v) is 11.6. The van der Waals surface area contributed by atoms with Crippen LogP contribution < -0.4 is 10.6 Å². The highest BCUT2D eigenvalue weighted by Crippen LogP contribution is 2.44. The Labute approximate surface area is 198 Å². The average molecular weight is 467 g/mol. The van der Waals surface area contributed by atoms with E-state index in [0.717, 1.165) is 28.7 Å². The molecule has 1 atom stereocenters. The van der Waals surface area contributed by atoms with Gasteiger partial charge in [0.1, 0.15) is 6.61 Å². The zero-order chi connectivity index (χ0) is 24.1. The van der Waals surface area contributed by atoms with Gasteiger partial charge >= 0.3 is 12.1 Å². The molecule has 2 aromatic rings. The molecular formula is C26H30N2O6. The predicted octanol–water partition coefficient (Wildman–Crippen LogP) is 3.30. The molecule has 1 unspecified atom stereocenters. The van der Waals surface area contributed by atoms with Gasteiger partial charge in [-0.25, -0.2) is 4.79 Å². The van der Waals surface area contributed by atoms with E-state index in [1.165, 1.54) is 7.11 Å². The molecule has 0 bridgehead atoms. The first kappa shape index (κ1) is 23.8. The molecule has 0 aromatic heterocycles. The van der Waals surface area contributed by atoms with Crippen molar-refractivity contribution in [3.8, 4) is 11.1 Å². The molecule has 0 saturated heterocycles. The maximum absolute atomic E-state index is 12.4. The first-order valence-electron chi connectivity index (χ1n) is 11.6. The van der Waals surface area contributed by atoms with Gasteiger partial charge in [0.2, 0.25) is 5.91 Å². The number of aliphatic carboxylic acids is 1. The minimum absolute atomic E-state index is 0.00978. The second-order valence-corrected chi connectivity index (χ2v) is 8.98. The number of rotatable bonds is 10. The summed E-state index contributed by atoms with van der Waals surface area (Å²) < 4.78 is 10.8. The Morgan fingerprint density at radius 2 is 1.65 bits per heavy atom. The number of ether oxygens (including phenoxy) is 2. The molecule has 34 heavy (non-hydrogen) atoms. The summed E-state index contributed by atoms with van der Waals surface area (Å²) in [5, 5.41) is 14.7. The van der Waals surface area contributed by atoms with Crippen molar-refractivity contribution in [2.24, 2.45) is 5.41 Å². The molecule has 0 heterocycles. The maximum Gasteiger partial charge on any atom is 0.407 e. The van der Waals surface area contributed by atoms with E-state index in [9.17, 15) is 19.5 Å². The number of carboxylic acids is 1. The molecule has 2 aliphatic rings. The van der Waals surface area contributed by atoms with Crippen LogP contribution in [0.3, 0.4) is 0 Å². The Morgan fingerprint density at radius 1 is 1.03 bits per heavy atom. The van der Waals surface area contributed by atoms with Crippen LogP contribution in [0.2, 0.25) is 0 Å². The van der Waals surface area contributed by atoms with Gasteiger partial charge in [-0.15, -0.1) is 0 Å². The van der Waals surface area contributed by atoms with Crippen molar-refractivity contribution in [1.82, 2.24) is 10.6 Å². The summed E-state index contributed by atoms with van der Waals surface area (Å²) in [5.41, 5.74) is 3.73. The van der Waals surface area contributed by atoms with Crippen molar-refractivity contribution >= 4 is 18.0 Å². The van der Waals surface area contributed by atoms with Gasteiger partial charge in [-0.1, -0.05) is 55.0 Å². The number of methoxy groups -OCH3 is 1. The monoisotopic (exact) mass is 466 g/mol. The van der Waals surface area contributed by atoms with Gasteiger partial charge in [0.15, 0.2) is 0 Å². The number of nitrogens with one attached hydrogen (secondary N) is 2. The highest BCUT2D eigenvalue weighted by Gasteiger charge is 2.44. The van der Waals surface area contributed by atoms with Gasteiger partial charge in [0.05, 0.1) is 17.9 Å². The number of carboxylic acid groups (broad SMARTS) is 1. The van der Waals surface area contributed by atoms with Gasteiger partial charge in [-0.3, -0.25) is 9.59 Å². The zero-order valence-electron chi connectivity index (χ0n) is 19.2. The molecular weight excluding hydrogens is 436 g/mol. The number of benzene rings is 2. The number of hydrogen-bond donors (Lipinski definition) is 3. The molecule has 4 rings (SSSR count). The summed E-state index contributed by atoms with van der Waals surface area (Å²) in [6.45, 7) is 0.414. The van der Waals surface area contributed by atoms with Gasteiger partial charge in [0.25, 0.3) is 0 Å². The molecule has 0 radical (unpaired) electrons.